The van der Waals surface area contributed by atoms with Gasteiger partial charge >= 0.3 is 0 Å². The number of nitrogens with zero attached hydrogens (tertiary/aromatic N) is 1. The second-order valence-corrected chi connectivity index (χ2v) is 8.27. The third-order valence-electron chi connectivity index (χ3n) is 6.57. The van der Waals surface area contributed by atoms with E-state index in [0.29, 0.717) is 25.8 Å². The number of benzene rings is 2. The van der Waals surface area contributed by atoms with Crippen molar-refractivity contribution in [1.82, 2.24) is 4.90 Å². The van der Waals surface area contributed by atoms with Crippen molar-refractivity contribution in [1.29, 1.82) is 0 Å². The van der Waals surface area contributed by atoms with E-state index in [1.165, 1.54) is 12.1 Å². The number of aryl methyl sites for hydroxylation is 1. The smallest absolute Gasteiger partial charge is 0.223 e. The van der Waals surface area contributed by atoms with Crippen LogP contribution in [-0.4, -0.2) is 28.1 Å². The van der Waals surface area contributed by atoms with Crippen LogP contribution in [0.2, 0.25) is 0 Å². The van der Waals surface area contributed by atoms with Crippen LogP contribution in [0.1, 0.15) is 55.7 Å². The first-order chi connectivity index (χ1) is 13.6. The van der Waals surface area contributed by atoms with E-state index in [2.05, 4.69) is 0 Å². The van der Waals surface area contributed by atoms with Gasteiger partial charge in [-0.2, -0.15) is 0 Å². The van der Waals surface area contributed by atoms with Crippen molar-refractivity contribution >= 4 is 5.91 Å². The first-order valence-electron chi connectivity index (χ1n) is 10.4. The van der Waals surface area contributed by atoms with E-state index in [1.807, 2.05) is 35.2 Å². The van der Waals surface area contributed by atoms with Crippen molar-refractivity contribution in [2.24, 2.45) is 5.92 Å². The Morgan fingerprint density at radius 2 is 1.82 bits per heavy atom. The first-order valence-corrected chi connectivity index (χ1v) is 10.4. The number of amides is 1. The van der Waals surface area contributed by atoms with Crippen LogP contribution in [0.4, 0.5) is 4.39 Å². The van der Waals surface area contributed by atoms with Crippen LogP contribution in [-0.2, 0) is 11.2 Å². The molecule has 1 heterocycles. The molecular weight excluding hydrogens is 353 g/mol. The molecule has 0 spiro atoms. The molecule has 1 aliphatic carbocycles. The molecular formula is C24H28FNO2. The van der Waals surface area contributed by atoms with Crippen molar-refractivity contribution in [3.8, 4) is 0 Å². The summed E-state index contributed by atoms with van der Waals surface area (Å²) in [7, 11) is 0. The van der Waals surface area contributed by atoms with E-state index < -0.39 is 5.60 Å². The summed E-state index contributed by atoms with van der Waals surface area (Å²) in [4.78, 5) is 15.1. The predicted octanol–water partition coefficient (Wildman–Crippen LogP) is 4.65. The van der Waals surface area contributed by atoms with Crippen LogP contribution in [0, 0.1) is 11.7 Å². The Hall–Kier alpha value is -2.20. The molecule has 1 N–H and O–H groups in total. The Morgan fingerprint density at radius 1 is 1.07 bits per heavy atom. The SMILES string of the molecule is O=C(CCc1ccccc1)N1CC[C@@]2(O)CCCC[C@@H]2[C@H]1c1ccc(F)cc1. The number of halogens is 1. The fraction of sp³-hybridized carbons (Fsp3) is 0.458. The van der Waals surface area contributed by atoms with Crippen LogP contribution < -0.4 is 0 Å². The zero-order valence-corrected chi connectivity index (χ0v) is 16.2. The maximum atomic E-state index is 13.5. The first kappa shape index (κ1) is 19.1. The quantitative estimate of drug-likeness (QED) is 0.837. The summed E-state index contributed by atoms with van der Waals surface area (Å²) in [6.07, 6.45) is 5.59. The topological polar surface area (TPSA) is 40.5 Å². The van der Waals surface area contributed by atoms with Gasteiger partial charge in [-0.3, -0.25) is 4.79 Å². The second kappa shape index (κ2) is 8.04. The summed E-state index contributed by atoms with van der Waals surface area (Å²) in [6.45, 7) is 0.558. The molecule has 3 atom stereocenters. The maximum absolute atomic E-state index is 13.5. The van der Waals surface area contributed by atoms with E-state index in [-0.39, 0.29) is 23.7 Å². The van der Waals surface area contributed by atoms with Gasteiger partial charge in [0.05, 0.1) is 11.6 Å². The van der Waals surface area contributed by atoms with Crippen LogP contribution >= 0.6 is 0 Å². The molecule has 3 nitrogen and oxygen atoms in total. The Bertz CT molecular complexity index is 807. The molecule has 2 aliphatic rings. The molecule has 1 aliphatic heterocycles. The Labute approximate surface area is 166 Å². The molecule has 4 heteroatoms. The lowest BCUT2D eigenvalue weighted by Crippen LogP contribution is -2.56. The molecule has 0 unspecified atom stereocenters. The van der Waals surface area contributed by atoms with Crippen LogP contribution in [0.25, 0.3) is 0 Å². The minimum absolute atomic E-state index is 0.0149. The molecule has 1 saturated heterocycles. The minimum atomic E-state index is -0.715. The molecule has 0 radical (unpaired) electrons. The van der Waals surface area contributed by atoms with Gasteiger partial charge in [-0.25, -0.2) is 4.39 Å². The van der Waals surface area contributed by atoms with Gasteiger partial charge in [0, 0.05) is 18.9 Å². The summed E-state index contributed by atoms with van der Waals surface area (Å²) in [5, 5.41) is 11.3. The van der Waals surface area contributed by atoms with E-state index >= 15 is 0 Å². The van der Waals surface area contributed by atoms with Crippen LogP contribution in [0.15, 0.2) is 54.6 Å². The van der Waals surface area contributed by atoms with Gasteiger partial charge < -0.3 is 10.0 Å². The van der Waals surface area contributed by atoms with Crippen molar-refractivity contribution in [2.45, 2.75) is 56.6 Å². The molecule has 1 saturated carbocycles. The summed E-state index contributed by atoms with van der Waals surface area (Å²) < 4.78 is 13.5. The molecule has 2 fully saturated rings. The summed E-state index contributed by atoms with van der Waals surface area (Å²) in [5.41, 5.74) is 1.37. The molecule has 2 aromatic carbocycles. The van der Waals surface area contributed by atoms with Gasteiger partial charge in [-0.15, -0.1) is 0 Å². The number of hydrogen-bond acceptors (Lipinski definition) is 2. The molecule has 28 heavy (non-hydrogen) atoms. The molecule has 0 bridgehead atoms. The fourth-order valence-electron chi connectivity index (χ4n) is 5.07. The van der Waals surface area contributed by atoms with Gasteiger partial charge in [-0.1, -0.05) is 55.3 Å². The highest BCUT2D eigenvalue weighted by Crippen LogP contribution is 2.49. The van der Waals surface area contributed by atoms with Gasteiger partial charge in [-0.05, 0) is 48.9 Å². The third kappa shape index (κ3) is 3.83. The largest absolute Gasteiger partial charge is 0.389 e. The molecule has 4 rings (SSSR count). The molecule has 148 valence electrons. The van der Waals surface area contributed by atoms with E-state index in [0.717, 1.165) is 36.8 Å². The van der Waals surface area contributed by atoms with E-state index in [9.17, 15) is 14.3 Å². The zero-order chi connectivity index (χ0) is 19.6. The number of piperidine rings is 1. The van der Waals surface area contributed by atoms with Gasteiger partial charge in [0.2, 0.25) is 5.91 Å². The highest BCUT2D eigenvalue weighted by atomic mass is 19.1. The Balaban J connectivity index is 1.58. The van der Waals surface area contributed by atoms with E-state index in [4.69, 9.17) is 0 Å². The summed E-state index contributed by atoms with van der Waals surface area (Å²) in [6, 6.07) is 16.3. The number of rotatable bonds is 4. The lowest BCUT2D eigenvalue weighted by molar-refractivity contribution is -0.155. The van der Waals surface area contributed by atoms with E-state index in [1.54, 1.807) is 12.1 Å². The van der Waals surface area contributed by atoms with Crippen molar-refractivity contribution in [2.75, 3.05) is 6.54 Å². The van der Waals surface area contributed by atoms with Crippen LogP contribution in [0.3, 0.4) is 0 Å². The Kier molecular flexibility index (Phi) is 5.49. The van der Waals surface area contributed by atoms with Crippen molar-refractivity contribution < 1.29 is 14.3 Å². The number of carbonyl (C=O) groups is 1. The number of aliphatic hydroxyl groups is 1. The highest BCUT2D eigenvalue weighted by Gasteiger charge is 2.49. The molecule has 2 aromatic rings. The van der Waals surface area contributed by atoms with Gasteiger partial charge in [0.25, 0.3) is 0 Å². The van der Waals surface area contributed by atoms with Crippen LogP contribution in [0.5, 0.6) is 0 Å². The highest BCUT2D eigenvalue weighted by molar-refractivity contribution is 5.77. The average Bonchev–Trinajstić information content (AvgIpc) is 2.72. The molecule has 0 aromatic heterocycles. The number of carbonyl (C=O) groups excluding carboxylic acids is 1. The Morgan fingerprint density at radius 3 is 2.57 bits per heavy atom. The third-order valence-corrected chi connectivity index (χ3v) is 6.57. The maximum Gasteiger partial charge on any atom is 0.223 e. The zero-order valence-electron chi connectivity index (χ0n) is 16.2. The van der Waals surface area contributed by atoms with Crippen molar-refractivity contribution in [3.63, 3.8) is 0 Å². The van der Waals surface area contributed by atoms with Gasteiger partial charge in [0.1, 0.15) is 5.82 Å². The predicted molar refractivity (Wildman–Crippen MR) is 107 cm³/mol. The lowest BCUT2D eigenvalue weighted by atomic mass is 9.66. The average molecular weight is 381 g/mol. The number of likely N-dealkylation sites (tertiary alicyclic amines) is 1. The minimum Gasteiger partial charge on any atom is -0.389 e. The molecule has 1 amide bonds. The lowest BCUT2D eigenvalue weighted by Gasteiger charge is -2.52. The standard InChI is InChI=1S/C24H28FNO2/c25-20-12-10-19(11-13-20)23-21-8-4-5-15-24(21,28)16-17-26(23)22(27)14-9-18-6-2-1-3-7-18/h1-3,6-7,10-13,21,23,28H,4-5,8-9,14-17H2/t21-,23-,24+/m1/s1. The summed E-state index contributed by atoms with van der Waals surface area (Å²) >= 11 is 0. The normalized spacial score (nSPS) is 27.3. The monoisotopic (exact) mass is 381 g/mol. The second-order valence-electron chi connectivity index (χ2n) is 8.27. The van der Waals surface area contributed by atoms with Crippen molar-refractivity contribution in [3.05, 3.63) is 71.5 Å². The van der Waals surface area contributed by atoms with Gasteiger partial charge in [0.15, 0.2) is 0 Å². The summed E-state index contributed by atoms with van der Waals surface area (Å²) in [5.74, 6) is -0.146. The fourth-order valence-corrected chi connectivity index (χ4v) is 5.07. The number of hydrogen-bond donors (Lipinski definition) is 1. The number of fused-ring (bicyclic) bond motifs is 1.